The van der Waals surface area contributed by atoms with E-state index >= 15 is 0 Å². The Morgan fingerprint density at radius 2 is 1.86 bits per heavy atom. The molecular weight excluding hydrogens is 280 g/mol. The van der Waals surface area contributed by atoms with E-state index in [1.165, 1.54) is 0 Å². The molecule has 0 saturated carbocycles. The van der Waals surface area contributed by atoms with Crippen LogP contribution in [-0.4, -0.2) is 21.8 Å². The molecule has 0 atom stereocenters. The van der Waals surface area contributed by atoms with E-state index in [-0.39, 0.29) is 12.5 Å². The molecular formula is C16H10N4O2. The molecule has 6 heteroatoms. The topological polar surface area (TPSA) is 73.0 Å². The summed E-state index contributed by atoms with van der Waals surface area (Å²) in [6, 6.07) is 17.2. The molecule has 0 bridgehead atoms. The first kappa shape index (κ1) is 12.4. The van der Waals surface area contributed by atoms with Gasteiger partial charge in [-0.3, -0.25) is 0 Å². The van der Waals surface area contributed by atoms with E-state index in [2.05, 4.69) is 16.4 Å². The average Bonchev–Trinajstić information content (AvgIpc) is 3.21. The highest BCUT2D eigenvalue weighted by Crippen LogP contribution is 2.35. The summed E-state index contributed by atoms with van der Waals surface area (Å²) in [6.45, 7) is 0.213. The predicted octanol–water partition coefficient (Wildman–Crippen LogP) is 2.53. The van der Waals surface area contributed by atoms with Crippen LogP contribution in [0.5, 0.6) is 11.5 Å². The summed E-state index contributed by atoms with van der Waals surface area (Å²) in [5, 5.41) is 17.4. The second-order valence-corrected chi connectivity index (χ2v) is 4.71. The average molecular weight is 290 g/mol. The van der Waals surface area contributed by atoms with Crippen LogP contribution in [-0.2, 0) is 0 Å². The summed E-state index contributed by atoms with van der Waals surface area (Å²) in [5.74, 6) is 1.36. The number of hydrogen-bond donors (Lipinski definition) is 0. The van der Waals surface area contributed by atoms with Crippen LogP contribution < -0.4 is 9.47 Å². The first-order valence-corrected chi connectivity index (χ1v) is 6.68. The molecule has 0 fully saturated rings. The molecule has 0 spiro atoms. The molecule has 1 aromatic heterocycles. The van der Waals surface area contributed by atoms with Crippen molar-refractivity contribution in [2.75, 3.05) is 6.79 Å². The number of nitrogens with zero attached hydrogens (tertiary/aromatic N) is 4. The van der Waals surface area contributed by atoms with Gasteiger partial charge in [0.2, 0.25) is 6.79 Å². The molecule has 1 aliphatic heterocycles. The predicted molar refractivity (Wildman–Crippen MR) is 77.6 cm³/mol. The Kier molecular flexibility index (Phi) is 2.76. The number of nitriles is 1. The number of aromatic nitrogens is 3. The van der Waals surface area contributed by atoms with E-state index < -0.39 is 0 Å². The van der Waals surface area contributed by atoms with Crippen LogP contribution >= 0.6 is 0 Å². The summed E-state index contributed by atoms with van der Waals surface area (Å²) in [4.78, 5) is 0. The van der Waals surface area contributed by atoms with Gasteiger partial charge in [-0.15, -0.1) is 5.10 Å². The van der Waals surface area contributed by atoms with E-state index in [4.69, 9.17) is 9.47 Å². The maximum atomic E-state index is 9.28. The minimum atomic E-state index is 0.213. The zero-order chi connectivity index (χ0) is 14.9. The highest BCUT2D eigenvalue weighted by Gasteiger charge is 2.19. The van der Waals surface area contributed by atoms with Crippen molar-refractivity contribution in [2.45, 2.75) is 0 Å². The third-order valence-electron chi connectivity index (χ3n) is 3.42. The molecule has 106 valence electrons. The van der Waals surface area contributed by atoms with Crippen LogP contribution in [0.2, 0.25) is 0 Å². The van der Waals surface area contributed by atoms with Crippen LogP contribution in [0, 0.1) is 11.3 Å². The molecule has 0 N–H and O–H groups in total. The molecule has 0 radical (unpaired) electrons. The van der Waals surface area contributed by atoms with Gasteiger partial charge < -0.3 is 9.47 Å². The molecule has 2 heterocycles. The Bertz CT molecular complexity index is 881. The summed E-state index contributed by atoms with van der Waals surface area (Å²) in [7, 11) is 0. The molecule has 0 aliphatic carbocycles. The van der Waals surface area contributed by atoms with Gasteiger partial charge in [0.1, 0.15) is 11.8 Å². The van der Waals surface area contributed by atoms with Gasteiger partial charge in [0.25, 0.3) is 0 Å². The molecule has 6 nitrogen and oxygen atoms in total. The Hall–Kier alpha value is -3.33. The van der Waals surface area contributed by atoms with Crippen LogP contribution in [0.1, 0.15) is 5.69 Å². The number of hydrogen-bond acceptors (Lipinski definition) is 5. The van der Waals surface area contributed by atoms with Gasteiger partial charge in [-0.25, -0.2) is 4.68 Å². The van der Waals surface area contributed by atoms with Crippen molar-refractivity contribution < 1.29 is 9.47 Å². The van der Waals surface area contributed by atoms with Crippen LogP contribution in [0.4, 0.5) is 0 Å². The Morgan fingerprint density at radius 1 is 1.05 bits per heavy atom. The summed E-state index contributed by atoms with van der Waals surface area (Å²) < 4.78 is 12.3. The van der Waals surface area contributed by atoms with Crippen molar-refractivity contribution in [3.05, 3.63) is 54.2 Å². The van der Waals surface area contributed by atoms with Crippen LogP contribution in [0.25, 0.3) is 16.9 Å². The molecule has 3 aromatic rings. The minimum Gasteiger partial charge on any atom is -0.454 e. The fourth-order valence-electron chi connectivity index (χ4n) is 2.41. The molecule has 1 aliphatic rings. The monoisotopic (exact) mass is 290 g/mol. The molecule has 2 aromatic carbocycles. The Morgan fingerprint density at radius 3 is 2.68 bits per heavy atom. The van der Waals surface area contributed by atoms with E-state index in [1.807, 2.05) is 48.5 Å². The molecule has 0 unspecified atom stereocenters. The lowest BCUT2D eigenvalue weighted by molar-refractivity contribution is 0.174. The lowest BCUT2D eigenvalue weighted by Crippen LogP contribution is -1.99. The van der Waals surface area contributed by atoms with Crippen LogP contribution in [0.3, 0.4) is 0 Å². The quantitative estimate of drug-likeness (QED) is 0.725. The van der Waals surface area contributed by atoms with Crippen LogP contribution in [0.15, 0.2) is 48.5 Å². The Labute approximate surface area is 126 Å². The first-order valence-electron chi connectivity index (χ1n) is 6.68. The smallest absolute Gasteiger partial charge is 0.231 e. The van der Waals surface area contributed by atoms with Gasteiger partial charge in [-0.1, -0.05) is 35.5 Å². The number of rotatable bonds is 2. The maximum Gasteiger partial charge on any atom is 0.231 e. The maximum absolute atomic E-state index is 9.28. The number of benzene rings is 2. The third-order valence-corrected chi connectivity index (χ3v) is 3.42. The largest absolute Gasteiger partial charge is 0.454 e. The van der Waals surface area contributed by atoms with E-state index in [1.54, 1.807) is 4.68 Å². The van der Waals surface area contributed by atoms with Crippen molar-refractivity contribution in [1.82, 2.24) is 15.0 Å². The van der Waals surface area contributed by atoms with Crippen molar-refractivity contribution in [2.24, 2.45) is 0 Å². The third kappa shape index (κ3) is 1.88. The van der Waals surface area contributed by atoms with Gasteiger partial charge in [-0.2, -0.15) is 5.26 Å². The van der Waals surface area contributed by atoms with Gasteiger partial charge in [0, 0.05) is 11.6 Å². The number of fused-ring (bicyclic) bond motifs is 1. The highest BCUT2D eigenvalue weighted by atomic mass is 16.7. The normalized spacial score (nSPS) is 12.1. The first-order chi connectivity index (χ1) is 10.9. The number of ether oxygens (including phenoxy) is 2. The van der Waals surface area contributed by atoms with E-state index in [0.717, 1.165) is 11.3 Å². The Balaban J connectivity index is 1.90. The zero-order valence-corrected chi connectivity index (χ0v) is 11.4. The van der Waals surface area contributed by atoms with Crippen molar-refractivity contribution in [1.29, 1.82) is 5.26 Å². The fraction of sp³-hybridized carbons (Fsp3) is 0.0625. The lowest BCUT2D eigenvalue weighted by Gasteiger charge is -2.07. The van der Waals surface area contributed by atoms with Gasteiger partial charge >= 0.3 is 0 Å². The minimum absolute atomic E-state index is 0.213. The summed E-state index contributed by atoms with van der Waals surface area (Å²) in [5.41, 5.74) is 2.57. The summed E-state index contributed by atoms with van der Waals surface area (Å²) in [6.07, 6.45) is 0. The molecule has 0 amide bonds. The summed E-state index contributed by atoms with van der Waals surface area (Å²) >= 11 is 0. The SMILES string of the molecule is N#Cc1nnn(-c2ccc3c(c2)OCO3)c1-c1ccccc1. The molecule has 0 saturated heterocycles. The van der Waals surface area contributed by atoms with Crippen molar-refractivity contribution in [3.8, 4) is 34.5 Å². The second kappa shape index (κ2) is 4.90. The lowest BCUT2D eigenvalue weighted by atomic mass is 10.1. The second-order valence-electron chi connectivity index (χ2n) is 4.71. The van der Waals surface area contributed by atoms with Gasteiger partial charge in [0.05, 0.1) is 5.69 Å². The van der Waals surface area contributed by atoms with Crippen molar-refractivity contribution in [3.63, 3.8) is 0 Å². The van der Waals surface area contributed by atoms with E-state index in [9.17, 15) is 5.26 Å². The van der Waals surface area contributed by atoms with Crippen molar-refractivity contribution >= 4 is 0 Å². The van der Waals surface area contributed by atoms with Gasteiger partial charge in [0.15, 0.2) is 17.2 Å². The van der Waals surface area contributed by atoms with E-state index in [0.29, 0.717) is 17.2 Å². The standard InChI is InChI=1S/C16H10N4O2/c17-9-13-16(11-4-2-1-3-5-11)20(19-18-13)12-6-7-14-15(8-12)22-10-21-14/h1-8H,10H2. The van der Waals surface area contributed by atoms with Gasteiger partial charge in [-0.05, 0) is 12.1 Å². The molecule has 22 heavy (non-hydrogen) atoms. The fourth-order valence-corrected chi connectivity index (χ4v) is 2.41. The zero-order valence-electron chi connectivity index (χ0n) is 11.4. The molecule has 4 rings (SSSR count). The highest BCUT2D eigenvalue weighted by molar-refractivity contribution is 5.67.